The van der Waals surface area contributed by atoms with Gasteiger partial charge in [0.2, 0.25) is 0 Å². The van der Waals surface area contributed by atoms with Gasteiger partial charge in [0.25, 0.3) is 10.0 Å². The second kappa shape index (κ2) is 4.02. The third kappa shape index (κ3) is 2.18. The summed E-state index contributed by atoms with van der Waals surface area (Å²) in [5, 5.41) is 0. The van der Waals surface area contributed by atoms with Crippen molar-refractivity contribution in [1.29, 1.82) is 0 Å². The van der Waals surface area contributed by atoms with Gasteiger partial charge in [0, 0.05) is 0 Å². The molecule has 1 aliphatic heterocycles. The Balaban J connectivity index is 2.27. The van der Waals surface area contributed by atoms with E-state index in [0.29, 0.717) is 0 Å². The Labute approximate surface area is 97.5 Å². The van der Waals surface area contributed by atoms with Gasteiger partial charge in [-0.05, 0) is 12.1 Å². The average molecular weight is 252 g/mol. The van der Waals surface area contributed by atoms with Crippen LogP contribution in [0.5, 0.6) is 5.75 Å². The van der Waals surface area contributed by atoms with Gasteiger partial charge in [-0.1, -0.05) is 18.2 Å². The molecule has 0 spiro atoms. The number of para-hydroxylation sites is 1. The maximum atomic E-state index is 11.6. The molecule has 2 N–H and O–H groups in total. The fraction of sp³-hybridized carbons (Fsp3) is 0. The number of sulfonamides is 1. The number of nitrogens with two attached hydrogens (primary N) is 1. The molecular weight excluding hydrogens is 244 g/mol. The quantitative estimate of drug-likeness (QED) is 0.597. The second-order valence-electron chi connectivity index (χ2n) is 3.20. The van der Waals surface area contributed by atoms with Crippen LogP contribution >= 0.6 is 0 Å². The number of ether oxygens (including phenoxy) is 1. The van der Waals surface area contributed by atoms with Crippen LogP contribution in [-0.4, -0.2) is 20.6 Å². The maximum Gasteiger partial charge on any atom is 0.359 e. The lowest BCUT2D eigenvalue weighted by atomic mass is 10.3. The van der Waals surface area contributed by atoms with Crippen LogP contribution in [0.25, 0.3) is 0 Å². The molecule has 1 aliphatic rings. The van der Waals surface area contributed by atoms with E-state index in [-0.39, 0.29) is 11.4 Å². The lowest BCUT2D eigenvalue weighted by Gasteiger charge is -2.04. The first kappa shape index (κ1) is 11.3. The Morgan fingerprint density at radius 3 is 2.41 bits per heavy atom. The maximum absolute atomic E-state index is 11.6. The molecule has 0 atom stereocenters. The van der Waals surface area contributed by atoms with Crippen molar-refractivity contribution in [3.63, 3.8) is 0 Å². The van der Waals surface area contributed by atoms with E-state index in [0.717, 1.165) is 6.21 Å². The largest absolute Gasteiger partial charge is 0.422 e. The van der Waals surface area contributed by atoms with Crippen LogP contribution in [0, 0.1) is 0 Å². The zero-order valence-corrected chi connectivity index (χ0v) is 9.35. The summed E-state index contributed by atoms with van der Waals surface area (Å²) in [5.74, 6) is -0.800. The number of nitrogens with zero attached hydrogens (tertiary/aromatic N) is 1. The summed E-state index contributed by atoms with van der Waals surface area (Å²) in [6.07, 6.45) is 0.914. The van der Waals surface area contributed by atoms with Gasteiger partial charge in [0.15, 0.2) is 4.91 Å². The van der Waals surface area contributed by atoms with Crippen molar-refractivity contribution in [2.24, 2.45) is 10.1 Å². The van der Waals surface area contributed by atoms with Gasteiger partial charge in [-0.25, -0.2) is 4.79 Å². The summed E-state index contributed by atoms with van der Waals surface area (Å²) >= 11 is 0. The Morgan fingerprint density at radius 1 is 1.24 bits per heavy atom. The van der Waals surface area contributed by atoms with E-state index >= 15 is 0 Å². The standard InChI is InChI=1S/C10H8N2O4S/c11-8-6-12-17(14,15)9(8)10(13)16-7-4-2-1-3-5-7/h1-6H,11H2. The van der Waals surface area contributed by atoms with E-state index in [1.54, 1.807) is 18.2 Å². The molecule has 88 valence electrons. The number of esters is 1. The van der Waals surface area contributed by atoms with Gasteiger partial charge in [0.1, 0.15) is 5.75 Å². The zero-order valence-electron chi connectivity index (χ0n) is 8.53. The lowest BCUT2D eigenvalue weighted by Crippen LogP contribution is -2.19. The molecule has 0 aliphatic carbocycles. The summed E-state index contributed by atoms with van der Waals surface area (Å²) in [7, 11) is -4.01. The van der Waals surface area contributed by atoms with Crippen LogP contribution in [0.2, 0.25) is 0 Å². The van der Waals surface area contributed by atoms with Crippen molar-refractivity contribution in [3.05, 3.63) is 40.9 Å². The van der Waals surface area contributed by atoms with Crippen molar-refractivity contribution < 1.29 is 17.9 Å². The van der Waals surface area contributed by atoms with Crippen molar-refractivity contribution in [2.45, 2.75) is 0 Å². The number of carbonyl (C=O) groups is 1. The summed E-state index contributed by atoms with van der Waals surface area (Å²) in [4.78, 5) is 11.0. The van der Waals surface area contributed by atoms with Gasteiger partial charge in [-0.15, -0.1) is 0 Å². The fourth-order valence-electron chi connectivity index (χ4n) is 1.25. The smallest absolute Gasteiger partial charge is 0.359 e. The zero-order chi connectivity index (χ0) is 12.5. The minimum Gasteiger partial charge on any atom is -0.422 e. The fourth-order valence-corrected chi connectivity index (χ4v) is 2.21. The highest BCUT2D eigenvalue weighted by molar-refractivity contribution is 7.95. The highest BCUT2D eigenvalue weighted by Crippen LogP contribution is 2.20. The molecule has 6 nitrogen and oxygen atoms in total. The molecule has 0 radical (unpaired) electrons. The third-order valence-electron chi connectivity index (χ3n) is 1.99. The van der Waals surface area contributed by atoms with E-state index in [1.807, 2.05) is 0 Å². The second-order valence-corrected chi connectivity index (χ2v) is 4.77. The monoisotopic (exact) mass is 252 g/mol. The van der Waals surface area contributed by atoms with Gasteiger partial charge < -0.3 is 10.5 Å². The van der Waals surface area contributed by atoms with Crippen molar-refractivity contribution in [2.75, 3.05) is 0 Å². The third-order valence-corrected chi connectivity index (χ3v) is 3.29. The Hall–Kier alpha value is -2.15. The highest BCUT2D eigenvalue weighted by Gasteiger charge is 2.32. The number of hydrogen-bond acceptors (Lipinski definition) is 5. The number of allylic oxidation sites excluding steroid dienone is 1. The molecule has 1 heterocycles. The number of carbonyl (C=O) groups excluding carboxylic acids is 1. The van der Waals surface area contributed by atoms with Crippen LogP contribution in [0.1, 0.15) is 0 Å². The first-order chi connectivity index (χ1) is 8.00. The molecule has 0 aromatic heterocycles. The summed E-state index contributed by atoms with van der Waals surface area (Å²) in [6.45, 7) is 0. The molecule has 2 rings (SSSR count). The van der Waals surface area contributed by atoms with Crippen LogP contribution in [0.3, 0.4) is 0 Å². The van der Waals surface area contributed by atoms with E-state index in [1.165, 1.54) is 12.1 Å². The van der Waals surface area contributed by atoms with Crippen LogP contribution < -0.4 is 10.5 Å². The normalized spacial score (nSPS) is 17.2. The van der Waals surface area contributed by atoms with Gasteiger partial charge in [-0.2, -0.15) is 12.8 Å². The SMILES string of the molecule is NC1=C(C(=O)Oc2ccccc2)S(=O)(=O)N=C1. The predicted molar refractivity (Wildman–Crippen MR) is 60.7 cm³/mol. The topological polar surface area (TPSA) is 98.8 Å². The molecule has 0 saturated carbocycles. The minimum atomic E-state index is -4.01. The molecule has 0 amide bonds. The van der Waals surface area contributed by atoms with Crippen LogP contribution in [0.4, 0.5) is 0 Å². The molecule has 0 bridgehead atoms. The Bertz CT molecular complexity index is 617. The molecule has 1 aromatic carbocycles. The van der Waals surface area contributed by atoms with Gasteiger partial charge in [-0.3, -0.25) is 0 Å². The first-order valence-electron chi connectivity index (χ1n) is 4.58. The van der Waals surface area contributed by atoms with E-state index in [4.69, 9.17) is 10.5 Å². The summed E-state index contributed by atoms with van der Waals surface area (Å²) in [5.41, 5.74) is 5.14. The summed E-state index contributed by atoms with van der Waals surface area (Å²) in [6, 6.07) is 8.09. The van der Waals surface area contributed by atoms with Crippen LogP contribution in [-0.2, 0) is 14.8 Å². The molecular formula is C10H8N2O4S. The van der Waals surface area contributed by atoms with Crippen molar-refractivity contribution in [3.8, 4) is 5.75 Å². The van der Waals surface area contributed by atoms with Gasteiger partial charge >= 0.3 is 5.97 Å². The number of benzene rings is 1. The van der Waals surface area contributed by atoms with Crippen molar-refractivity contribution in [1.82, 2.24) is 0 Å². The molecule has 1 aromatic rings. The number of hydrogen-bond donors (Lipinski definition) is 1. The average Bonchev–Trinajstić information content (AvgIpc) is 2.54. The van der Waals surface area contributed by atoms with Crippen molar-refractivity contribution >= 4 is 22.2 Å². The first-order valence-corrected chi connectivity index (χ1v) is 6.02. The highest BCUT2D eigenvalue weighted by atomic mass is 32.2. The molecule has 7 heteroatoms. The Kier molecular flexibility index (Phi) is 2.68. The molecule has 17 heavy (non-hydrogen) atoms. The van der Waals surface area contributed by atoms with E-state index < -0.39 is 20.9 Å². The van der Waals surface area contributed by atoms with Gasteiger partial charge in [0.05, 0.1) is 11.9 Å². The molecule has 0 fully saturated rings. The molecule has 0 saturated heterocycles. The Morgan fingerprint density at radius 2 is 1.88 bits per heavy atom. The lowest BCUT2D eigenvalue weighted by molar-refractivity contribution is -0.129. The number of rotatable bonds is 2. The van der Waals surface area contributed by atoms with E-state index in [2.05, 4.69) is 4.40 Å². The van der Waals surface area contributed by atoms with Crippen LogP contribution in [0.15, 0.2) is 45.3 Å². The summed E-state index contributed by atoms with van der Waals surface area (Å²) < 4.78 is 30.7. The minimum absolute atomic E-state index is 0.217. The molecule has 0 unspecified atom stereocenters. The van der Waals surface area contributed by atoms with E-state index in [9.17, 15) is 13.2 Å². The predicted octanol–water partition coefficient (Wildman–Crippen LogP) is 0.177.